The van der Waals surface area contributed by atoms with Crippen molar-refractivity contribution in [2.45, 2.75) is 37.3 Å². The molecule has 1 aromatic heterocycles. The topological polar surface area (TPSA) is 90.3 Å². The number of aromatic nitrogens is 2. The van der Waals surface area contributed by atoms with Crippen LogP contribution in [0.4, 0.5) is 0 Å². The monoisotopic (exact) mass is 323 g/mol. The molecule has 0 aliphatic rings. The van der Waals surface area contributed by atoms with Gasteiger partial charge in [0.25, 0.3) is 10.0 Å². The second-order valence-corrected chi connectivity index (χ2v) is 6.59. The maximum Gasteiger partial charge on any atom is 0.326 e. The Labute approximate surface area is 123 Å². The van der Waals surface area contributed by atoms with Crippen molar-refractivity contribution in [3.05, 3.63) is 11.5 Å². The first-order valence-corrected chi connectivity index (χ1v) is 7.83. The molecule has 1 aromatic rings. The van der Waals surface area contributed by atoms with Crippen molar-refractivity contribution in [3.8, 4) is 0 Å². The minimum Gasteiger partial charge on any atom is -0.468 e. The molecule has 0 bridgehead atoms. The molecule has 1 heterocycles. The summed E-state index contributed by atoms with van der Waals surface area (Å²) in [4.78, 5) is 15.6. The van der Waals surface area contributed by atoms with Crippen molar-refractivity contribution in [2.24, 2.45) is 7.05 Å². The summed E-state index contributed by atoms with van der Waals surface area (Å²) in [7, 11) is -1.24. The Bertz CT molecular complexity index is 599. The highest BCUT2D eigenvalue weighted by Crippen LogP contribution is 2.22. The van der Waals surface area contributed by atoms with Gasteiger partial charge < -0.3 is 9.30 Å². The van der Waals surface area contributed by atoms with Gasteiger partial charge in [-0.25, -0.2) is 13.4 Å². The number of imidazole rings is 1. The lowest BCUT2D eigenvalue weighted by atomic mass is 9.98. The van der Waals surface area contributed by atoms with Crippen LogP contribution in [0.25, 0.3) is 0 Å². The molecule has 114 valence electrons. The van der Waals surface area contributed by atoms with Gasteiger partial charge >= 0.3 is 5.97 Å². The second kappa shape index (κ2) is 6.11. The molecule has 20 heavy (non-hydrogen) atoms. The van der Waals surface area contributed by atoms with Crippen LogP contribution in [0.2, 0.25) is 5.15 Å². The Morgan fingerprint density at radius 1 is 1.60 bits per heavy atom. The van der Waals surface area contributed by atoms with Gasteiger partial charge in [0.1, 0.15) is 10.7 Å². The fourth-order valence-electron chi connectivity index (χ4n) is 1.84. The maximum atomic E-state index is 12.3. The van der Waals surface area contributed by atoms with Gasteiger partial charge in [0.2, 0.25) is 5.03 Å². The van der Waals surface area contributed by atoms with Crippen molar-refractivity contribution in [1.29, 1.82) is 0 Å². The number of rotatable bonds is 6. The van der Waals surface area contributed by atoms with E-state index in [1.54, 1.807) is 7.05 Å². The summed E-state index contributed by atoms with van der Waals surface area (Å²) in [5.41, 5.74) is -1.36. The van der Waals surface area contributed by atoms with Gasteiger partial charge in [-0.3, -0.25) is 4.79 Å². The zero-order valence-corrected chi connectivity index (χ0v) is 13.4. The molecule has 1 rings (SSSR count). The Kier molecular flexibility index (Phi) is 5.17. The summed E-state index contributed by atoms with van der Waals surface area (Å²) in [5, 5.41) is -0.339. The number of esters is 1. The first-order valence-electron chi connectivity index (χ1n) is 5.97. The van der Waals surface area contributed by atoms with Crippen LogP contribution < -0.4 is 4.72 Å². The van der Waals surface area contributed by atoms with Crippen LogP contribution in [-0.2, 0) is 26.6 Å². The number of ether oxygens (including phenoxy) is 1. The van der Waals surface area contributed by atoms with Crippen LogP contribution in [0.1, 0.15) is 26.7 Å². The molecule has 1 atom stereocenters. The molecule has 0 unspecified atom stereocenters. The number of sulfonamides is 1. The molecule has 0 spiro atoms. The van der Waals surface area contributed by atoms with Crippen molar-refractivity contribution in [1.82, 2.24) is 14.3 Å². The summed E-state index contributed by atoms with van der Waals surface area (Å²) >= 11 is 5.88. The van der Waals surface area contributed by atoms with E-state index < -0.39 is 21.5 Å². The zero-order valence-electron chi connectivity index (χ0n) is 11.8. The van der Waals surface area contributed by atoms with Gasteiger partial charge in [-0.05, 0) is 13.3 Å². The summed E-state index contributed by atoms with van der Waals surface area (Å²) in [5.74, 6) is -0.657. The van der Waals surface area contributed by atoms with E-state index in [0.717, 1.165) is 0 Å². The normalized spacial score (nSPS) is 14.8. The number of carbonyl (C=O) groups is 1. The van der Waals surface area contributed by atoms with E-state index in [9.17, 15) is 13.2 Å². The van der Waals surface area contributed by atoms with E-state index in [1.165, 1.54) is 24.9 Å². The quantitative estimate of drug-likeness (QED) is 0.791. The second-order valence-electron chi connectivity index (χ2n) is 4.63. The predicted molar refractivity (Wildman–Crippen MR) is 73.9 cm³/mol. The lowest BCUT2D eigenvalue weighted by Gasteiger charge is -2.26. The van der Waals surface area contributed by atoms with Gasteiger partial charge in [0, 0.05) is 7.05 Å². The number of hydrogen-bond donors (Lipinski definition) is 1. The summed E-state index contributed by atoms with van der Waals surface area (Å²) in [6.07, 6.45) is 2.18. The number of nitrogens with one attached hydrogen (secondary N) is 1. The van der Waals surface area contributed by atoms with Crippen LogP contribution in [0.15, 0.2) is 11.4 Å². The molecule has 9 heteroatoms. The van der Waals surface area contributed by atoms with E-state index in [-0.39, 0.29) is 10.2 Å². The number of halogens is 1. The van der Waals surface area contributed by atoms with Crippen LogP contribution in [0.5, 0.6) is 0 Å². The first kappa shape index (κ1) is 16.9. The first-order chi connectivity index (χ1) is 9.18. The standard InChI is InChI=1S/C11H18ClN3O4S/c1-5-6-11(2,10(16)19-4)14-20(17,18)9-8(12)15(3)7-13-9/h7,14H,5-6H2,1-4H3/t11-/m0/s1. The number of nitrogens with zero attached hydrogens (tertiary/aromatic N) is 2. The smallest absolute Gasteiger partial charge is 0.326 e. The summed E-state index contributed by atoms with van der Waals surface area (Å²) in [6, 6.07) is 0. The summed E-state index contributed by atoms with van der Waals surface area (Å²) in [6.45, 7) is 3.31. The minimum absolute atomic E-state index is 0.0267. The average Bonchev–Trinajstić information content (AvgIpc) is 2.69. The van der Waals surface area contributed by atoms with Crippen molar-refractivity contribution in [3.63, 3.8) is 0 Å². The van der Waals surface area contributed by atoms with Crippen molar-refractivity contribution in [2.75, 3.05) is 7.11 Å². The lowest BCUT2D eigenvalue weighted by Crippen LogP contribution is -2.52. The van der Waals surface area contributed by atoms with Crippen LogP contribution in [0.3, 0.4) is 0 Å². The molecular weight excluding hydrogens is 306 g/mol. The SMILES string of the molecule is CCC[C@](C)(NS(=O)(=O)c1ncn(C)c1Cl)C(=O)OC. The Morgan fingerprint density at radius 3 is 2.60 bits per heavy atom. The fourth-order valence-corrected chi connectivity index (χ4v) is 3.66. The highest BCUT2D eigenvalue weighted by atomic mass is 35.5. The van der Waals surface area contributed by atoms with Crippen LogP contribution >= 0.6 is 11.6 Å². The average molecular weight is 324 g/mol. The lowest BCUT2D eigenvalue weighted by molar-refractivity contribution is -0.147. The van der Waals surface area contributed by atoms with E-state index in [0.29, 0.717) is 12.8 Å². The highest BCUT2D eigenvalue weighted by molar-refractivity contribution is 7.89. The third-order valence-corrected chi connectivity index (χ3v) is 4.92. The van der Waals surface area contributed by atoms with E-state index in [1.807, 2.05) is 6.92 Å². The molecule has 0 saturated heterocycles. The minimum atomic E-state index is -4.02. The molecule has 7 nitrogen and oxygen atoms in total. The zero-order chi connectivity index (χ0) is 15.6. The molecule has 0 radical (unpaired) electrons. The molecule has 0 aliphatic heterocycles. The fraction of sp³-hybridized carbons (Fsp3) is 0.636. The number of hydrogen-bond acceptors (Lipinski definition) is 5. The van der Waals surface area contributed by atoms with Gasteiger partial charge in [-0.2, -0.15) is 4.72 Å². The predicted octanol–water partition coefficient (Wildman–Crippen LogP) is 1.08. The Hall–Kier alpha value is -1.12. The van der Waals surface area contributed by atoms with Crippen molar-refractivity contribution >= 4 is 27.6 Å². The van der Waals surface area contributed by atoms with Crippen molar-refractivity contribution < 1.29 is 17.9 Å². The molecule has 0 saturated carbocycles. The van der Waals surface area contributed by atoms with E-state index in [2.05, 4.69) is 14.4 Å². The third kappa shape index (κ3) is 3.31. The molecule has 0 aromatic carbocycles. The van der Waals surface area contributed by atoms with E-state index in [4.69, 9.17) is 11.6 Å². The van der Waals surface area contributed by atoms with Gasteiger partial charge in [-0.1, -0.05) is 24.9 Å². The molecule has 1 N–H and O–H groups in total. The van der Waals surface area contributed by atoms with Crippen LogP contribution in [-0.4, -0.2) is 36.6 Å². The van der Waals surface area contributed by atoms with Gasteiger partial charge in [0.15, 0.2) is 0 Å². The van der Waals surface area contributed by atoms with E-state index >= 15 is 0 Å². The Balaban J connectivity index is 3.16. The van der Waals surface area contributed by atoms with Gasteiger partial charge in [-0.15, -0.1) is 0 Å². The third-order valence-electron chi connectivity index (χ3n) is 2.83. The molecule has 0 fully saturated rings. The Morgan fingerprint density at radius 2 is 2.20 bits per heavy atom. The summed E-state index contributed by atoms with van der Waals surface area (Å²) < 4.78 is 33.0. The number of methoxy groups -OCH3 is 1. The highest BCUT2D eigenvalue weighted by Gasteiger charge is 2.39. The largest absolute Gasteiger partial charge is 0.468 e. The van der Waals surface area contributed by atoms with Gasteiger partial charge in [0.05, 0.1) is 13.4 Å². The number of aryl methyl sites for hydroxylation is 1. The maximum absolute atomic E-state index is 12.3. The molecule has 0 amide bonds. The molecule has 0 aliphatic carbocycles. The van der Waals surface area contributed by atoms with Crippen LogP contribution in [0, 0.1) is 0 Å². The molecular formula is C11H18ClN3O4S. The number of carbonyl (C=O) groups excluding carboxylic acids is 1.